The predicted molar refractivity (Wildman–Crippen MR) is 85.5 cm³/mol. The van der Waals surface area contributed by atoms with Crippen molar-refractivity contribution in [2.45, 2.75) is 26.4 Å². The Balaban J connectivity index is 2.27. The summed E-state index contributed by atoms with van der Waals surface area (Å²) in [6.07, 6.45) is 0. The van der Waals surface area contributed by atoms with Crippen LogP contribution in [0.5, 0.6) is 0 Å². The number of hydrogen-bond acceptors (Lipinski definition) is 3. The van der Waals surface area contributed by atoms with Crippen molar-refractivity contribution in [1.82, 2.24) is 5.32 Å². The molecule has 0 aliphatic rings. The molecule has 1 N–H and O–H groups in total. The van der Waals surface area contributed by atoms with Crippen LogP contribution in [0.1, 0.15) is 19.4 Å². The molecule has 0 saturated carbocycles. The zero-order valence-corrected chi connectivity index (χ0v) is 12.7. The van der Waals surface area contributed by atoms with Crippen molar-refractivity contribution >= 4 is 17.3 Å². The molecule has 0 atom stereocenters. The Morgan fingerprint density at radius 3 is 2.52 bits per heavy atom. The van der Waals surface area contributed by atoms with E-state index < -0.39 is 4.92 Å². The maximum absolute atomic E-state index is 10.8. The van der Waals surface area contributed by atoms with E-state index in [0.717, 1.165) is 16.7 Å². The third-order valence-corrected chi connectivity index (χ3v) is 3.50. The number of nitrogens with zero attached hydrogens (tertiary/aromatic N) is 1. The second kappa shape index (κ2) is 6.70. The molecule has 0 amide bonds. The fraction of sp³-hybridized carbons (Fsp3) is 0.250. The van der Waals surface area contributed by atoms with Gasteiger partial charge in [0.1, 0.15) is 0 Å². The van der Waals surface area contributed by atoms with Gasteiger partial charge in [0, 0.05) is 29.7 Å². The Morgan fingerprint density at radius 1 is 1.19 bits per heavy atom. The van der Waals surface area contributed by atoms with Crippen LogP contribution in [0.3, 0.4) is 0 Å². The first kappa shape index (κ1) is 15.5. The summed E-state index contributed by atoms with van der Waals surface area (Å²) < 4.78 is 0. The highest BCUT2D eigenvalue weighted by Gasteiger charge is 2.09. The van der Waals surface area contributed by atoms with Gasteiger partial charge in [-0.1, -0.05) is 49.7 Å². The van der Waals surface area contributed by atoms with E-state index in [-0.39, 0.29) is 5.69 Å². The van der Waals surface area contributed by atoms with Gasteiger partial charge in [-0.05, 0) is 22.8 Å². The second-order valence-corrected chi connectivity index (χ2v) is 5.56. The molecule has 0 aliphatic heterocycles. The first-order valence-electron chi connectivity index (χ1n) is 6.74. The topological polar surface area (TPSA) is 55.2 Å². The van der Waals surface area contributed by atoms with Crippen molar-refractivity contribution < 1.29 is 4.92 Å². The van der Waals surface area contributed by atoms with Crippen molar-refractivity contribution in [3.8, 4) is 11.1 Å². The van der Waals surface area contributed by atoms with Crippen molar-refractivity contribution in [3.05, 3.63) is 63.2 Å². The molecule has 0 radical (unpaired) electrons. The standard InChI is InChI=1S/C16H17ClN2O2/c1-11(2)18-10-14-7-6-13(9-16(14)17)12-4-3-5-15(8-12)19(20)21/h3-9,11,18H,10H2,1-2H3. The van der Waals surface area contributed by atoms with Gasteiger partial charge in [0.25, 0.3) is 5.69 Å². The highest BCUT2D eigenvalue weighted by atomic mass is 35.5. The summed E-state index contributed by atoms with van der Waals surface area (Å²) in [5.74, 6) is 0. The van der Waals surface area contributed by atoms with E-state index in [1.54, 1.807) is 12.1 Å². The molecular formula is C16H17ClN2O2. The number of halogens is 1. The quantitative estimate of drug-likeness (QED) is 0.657. The fourth-order valence-corrected chi connectivity index (χ4v) is 2.23. The average molecular weight is 305 g/mol. The minimum absolute atomic E-state index is 0.0779. The number of nitro benzene ring substituents is 1. The maximum Gasteiger partial charge on any atom is 0.270 e. The van der Waals surface area contributed by atoms with Crippen LogP contribution in [0.25, 0.3) is 11.1 Å². The van der Waals surface area contributed by atoms with E-state index in [1.807, 2.05) is 24.3 Å². The fourth-order valence-electron chi connectivity index (χ4n) is 1.98. The lowest BCUT2D eigenvalue weighted by atomic mass is 10.0. The highest BCUT2D eigenvalue weighted by Crippen LogP contribution is 2.28. The lowest BCUT2D eigenvalue weighted by molar-refractivity contribution is -0.384. The van der Waals surface area contributed by atoms with Crippen molar-refractivity contribution in [1.29, 1.82) is 0 Å². The van der Waals surface area contributed by atoms with E-state index in [1.165, 1.54) is 6.07 Å². The third-order valence-electron chi connectivity index (χ3n) is 3.14. The molecule has 0 fully saturated rings. The van der Waals surface area contributed by atoms with Crippen LogP contribution in [0.2, 0.25) is 5.02 Å². The van der Waals surface area contributed by atoms with Gasteiger partial charge in [0.2, 0.25) is 0 Å². The number of nitro groups is 1. The van der Waals surface area contributed by atoms with Crippen LogP contribution in [-0.2, 0) is 6.54 Å². The number of nitrogens with one attached hydrogen (secondary N) is 1. The first-order chi connectivity index (χ1) is 9.97. The molecule has 0 bridgehead atoms. The molecular weight excluding hydrogens is 288 g/mol. The average Bonchev–Trinajstić information content (AvgIpc) is 2.46. The minimum Gasteiger partial charge on any atom is -0.310 e. The van der Waals surface area contributed by atoms with E-state index in [4.69, 9.17) is 11.6 Å². The van der Waals surface area contributed by atoms with Crippen LogP contribution in [-0.4, -0.2) is 11.0 Å². The van der Waals surface area contributed by atoms with Gasteiger partial charge in [-0.25, -0.2) is 0 Å². The summed E-state index contributed by atoms with van der Waals surface area (Å²) in [5.41, 5.74) is 2.75. The molecule has 0 aliphatic carbocycles. The molecule has 0 heterocycles. The zero-order valence-electron chi connectivity index (χ0n) is 12.0. The Bertz CT molecular complexity index is 656. The molecule has 0 spiro atoms. The zero-order chi connectivity index (χ0) is 15.4. The molecule has 2 rings (SSSR count). The minimum atomic E-state index is -0.397. The molecule has 5 heteroatoms. The summed E-state index contributed by atoms with van der Waals surface area (Å²) in [4.78, 5) is 10.4. The molecule has 110 valence electrons. The van der Waals surface area contributed by atoms with Gasteiger partial charge in [-0.2, -0.15) is 0 Å². The Hall–Kier alpha value is -1.91. The van der Waals surface area contributed by atoms with Crippen molar-refractivity contribution in [2.24, 2.45) is 0 Å². The largest absolute Gasteiger partial charge is 0.310 e. The summed E-state index contributed by atoms with van der Waals surface area (Å²) in [5, 5.41) is 14.8. The predicted octanol–water partition coefficient (Wildman–Crippen LogP) is 4.41. The van der Waals surface area contributed by atoms with Gasteiger partial charge in [-0.15, -0.1) is 0 Å². The van der Waals surface area contributed by atoms with Crippen molar-refractivity contribution in [3.63, 3.8) is 0 Å². The molecule has 4 nitrogen and oxygen atoms in total. The molecule has 2 aromatic carbocycles. The summed E-state index contributed by atoms with van der Waals surface area (Å²) in [6.45, 7) is 4.85. The molecule has 0 unspecified atom stereocenters. The van der Waals surface area contributed by atoms with Gasteiger partial charge >= 0.3 is 0 Å². The Morgan fingerprint density at radius 2 is 1.90 bits per heavy atom. The van der Waals surface area contributed by atoms with Crippen LogP contribution >= 0.6 is 11.6 Å². The van der Waals surface area contributed by atoms with E-state index >= 15 is 0 Å². The number of hydrogen-bond donors (Lipinski definition) is 1. The number of benzene rings is 2. The molecule has 0 saturated heterocycles. The summed E-state index contributed by atoms with van der Waals surface area (Å²) in [7, 11) is 0. The first-order valence-corrected chi connectivity index (χ1v) is 7.12. The van der Waals surface area contributed by atoms with Crippen LogP contribution in [0.4, 0.5) is 5.69 Å². The number of non-ortho nitro benzene ring substituents is 1. The smallest absolute Gasteiger partial charge is 0.270 e. The molecule has 21 heavy (non-hydrogen) atoms. The van der Waals surface area contributed by atoms with E-state index in [2.05, 4.69) is 19.2 Å². The monoisotopic (exact) mass is 304 g/mol. The van der Waals surface area contributed by atoms with Crippen molar-refractivity contribution in [2.75, 3.05) is 0 Å². The third kappa shape index (κ3) is 4.03. The maximum atomic E-state index is 10.8. The van der Waals surface area contributed by atoms with Crippen LogP contribution < -0.4 is 5.32 Å². The highest BCUT2D eigenvalue weighted by molar-refractivity contribution is 6.31. The van der Waals surface area contributed by atoms with Gasteiger partial charge in [0.05, 0.1) is 4.92 Å². The summed E-state index contributed by atoms with van der Waals surface area (Å²) in [6, 6.07) is 12.7. The number of rotatable bonds is 5. The molecule has 0 aromatic heterocycles. The lowest BCUT2D eigenvalue weighted by Crippen LogP contribution is -2.21. The Kier molecular flexibility index (Phi) is 4.94. The van der Waals surface area contributed by atoms with Gasteiger partial charge < -0.3 is 5.32 Å². The normalized spacial score (nSPS) is 10.9. The SMILES string of the molecule is CC(C)NCc1ccc(-c2cccc([N+](=O)[O-])c2)cc1Cl. The summed E-state index contributed by atoms with van der Waals surface area (Å²) >= 11 is 6.29. The molecule has 2 aromatic rings. The van der Waals surface area contributed by atoms with E-state index in [9.17, 15) is 10.1 Å². The second-order valence-electron chi connectivity index (χ2n) is 5.15. The van der Waals surface area contributed by atoms with Gasteiger partial charge in [0.15, 0.2) is 0 Å². The Labute approximate surface area is 128 Å². The van der Waals surface area contributed by atoms with Gasteiger partial charge in [-0.3, -0.25) is 10.1 Å². The van der Waals surface area contributed by atoms with Crippen LogP contribution in [0, 0.1) is 10.1 Å². The van der Waals surface area contributed by atoms with E-state index in [0.29, 0.717) is 17.6 Å². The lowest BCUT2D eigenvalue weighted by Gasteiger charge is -2.11. The van der Waals surface area contributed by atoms with Crippen LogP contribution in [0.15, 0.2) is 42.5 Å².